The standard InChI is InChI=1S/C26H23N3O5.2C5H14NO/c1-15-14-29(18-10-9-16-5-2-3-6-17(16)13-18)25(31)23(15)28-27-20-8-4-7-19(24(20)30)21-11-12-22(34-21)26(32)33;2*1-6(2,3)4-5-7/h4,7-14,30-31H,2-3,5-6H2,1H3,(H,32,33);2*7H,4-5H2,1-3H3/q;2*+1/p-2. The van der Waals surface area contributed by atoms with Gasteiger partial charge in [-0.05, 0) is 79.6 Å². The Morgan fingerprint density at radius 3 is 2.06 bits per heavy atom. The van der Waals surface area contributed by atoms with Crippen molar-refractivity contribution in [3.8, 4) is 28.6 Å². The number of aromatic nitrogens is 1. The molecule has 4 aromatic rings. The molecule has 0 amide bonds. The first-order chi connectivity index (χ1) is 22.5. The van der Waals surface area contributed by atoms with E-state index in [2.05, 4.69) is 64.6 Å². The van der Waals surface area contributed by atoms with Crippen LogP contribution < -0.4 is 10.2 Å². The number of hydrogen-bond acceptors (Lipinski definition) is 9. The molecule has 2 aromatic carbocycles. The molecule has 0 saturated carbocycles. The van der Waals surface area contributed by atoms with Crippen molar-refractivity contribution in [2.24, 2.45) is 10.2 Å². The molecule has 12 nitrogen and oxygen atoms in total. The quantitative estimate of drug-likeness (QED) is 0.181. The zero-order valence-corrected chi connectivity index (χ0v) is 29.1. The van der Waals surface area contributed by atoms with Gasteiger partial charge < -0.3 is 43.7 Å². The van der Waals surface area contributed by atoms with Crippen LogP contribution in [0.5, 0.6) is 11.6 Å². The third kappa shape index (κ3) is 10.8. The lowest BCUT2D eigenvalue weighted by Gasteiger charge is -2.21. The first-order valence-corrected chi connectivity index (χ1v) is 15.9. The fourth-order valence-corrected chi connectivity index (χ4v) is 4.89. The predicted molar refractivity (Wildman–Crippen MR) is 181 cm³/mol. The number of benzene rings is 2. The number of carbonyl (C=O) groups excluding carboxylic acids is 1. The molecule has 2 heterocycles. The number of para-hydroxylation sites is 1. The van der Waals surface area contributed by atoms with Gasteiger partial charge in [0.25, 0.3) is 0 Å². The molecule has 260 valence electrons. The maximum absolute atomic E-state index is 12.9. The first-order valence-electron chi connectivity index (χ1n) is 15.9. The number of carbonyl (C=O) groups is 1. The van der Waals surface area contributed by atoms with Crippen LogP contribution in [0.2, 0.25) is 0 Å². The summed E-state index contributed by atoms with van der Waals surface area (Å²) in [4.78, 5) is 11.0. The molecule has 0 radical (unpaired) electrons. The maximum Gasteiger partial charge on any atom is 0.224 e. The lowest BCUT2D eigenvalue weighted by atomic mass is 9.91. The summed E-state index contributed by atoms with van der Waals surface area (Å²) < 4.78 is 8.53. The lowest BCUT2D eigenvalue weighted by Crippen LogP contribution is -2.36. The Morgan fingerprint density at radius 1 is 0.896 bits per heavy atom. The van der Waals surface area contributed by atoms with Crippen molar-refractivity contribution in [3.05, 3.63) is 77.2 Å². The Bertz CT molecular complexity index is 1680. The molecule has 5 rings (SSSR count). The fraction of sp³-hybridized carbons (Fsp3) is 0.417. The van der Waals surface area contributed by atoms with Gasteiger partial charge in [-0.1, -0.05) is 23.9 Å². The number of quaternary nitrogens is 2. The van der Waals surface area contributed by atoms with Crippen LogP contribution in [0.1, 0.15) is 40.1 Å². The number of aliphatic hydroxyl groups excluding tert-OH is 2. The van der Waals surface area contributed by atoms with Crippen LogP contribution in [0.25, 0.3) is 17.0 Å². The Hall–Kier alpha value is -4.49. The molecule has 0 aliphatic heterocycles. The van der Waals surface area contributed by atoms with E-state index in [1.54, 1.807) is 16.8 Å². The topological polar surface area (TPSA) is 167 Å². The number of likely N-dealkylation sites (N-methyl/N-ethyl adjacent to an activating group) is 2. The number of aryl methyl sites for hydroxylation is 3. The van der Waals surface area contributed by atoms with Crippen LogP contribution in [-0.2, 0) is 12.8 Å². The average Bonchev–Trinajstić information content (AvgIpc) is 3.61. The number of nitrogens with zero attached hydrogens (tertiary/aromatic N) is 5. The predicted octanol–water partition coefficient (Wildman–Crippen LogP) is 3.85. The van der Waals surface area contributed by atoms with E-state index in [1.165, 1.54) is 41.8 Å². The number of carboxylic acids is 1. The van der Waals surface area contributed by atoms with Gasteiger partial charge in [-0.25, -0.2) is 0 Å². The van der Waals surface area contributed by atoms with Gasteiger partial charge in [0.05, 0.1) is 61.2 Å². The monoisotopic (exact) mass is 663 g/mol. The van der Waals surface area contributed by atoms with E-state index in [0.717, 1.165) is 47.0 Å². The van der Waals surface area contributed by atoms with Crippen LogP contribution in [0.4, 0.5) is 11.4 Å². The van der Waals surface area contributed by atoms with E-state index in [9.17, 15) is 20.1 Å². The minimum absolute atomic E-state index is 0.0317. The van der Waals surface area contributed by atoms with Crippen molar-refractivity contribution < 1.29 is 43.7 Å². The number of azo groups is 1. The van der Waals surface area contributed by atoms with Crippen molar-refractivity contribution in [3.63, 3.8) is 0 Å². The van der Waals surface area contributed by atoms with E-state index >= 15 is 0 Å². The molecule has 0 spiro atoms. The molecule has 0 unspecified atom stereocenters. The van der Waals surface area contributed by atoms with Crippen LogP contribution in [-0.4, -0.2) is 103 Å². The van der Waals surface area contributed by atoms with Gasteiger partial charge in [-0.2, -0.15) is 5.11 Å². The number of fused-ring (bicyclic) bond motifs is 1. The largest absolute Gasteiger partial charge is 0.870 e. The van der Waals surface area contributed by atoms with Crippen molar-refractivity contribution in [1.82, 2.24) is 4.57 Å². The number of aliphatic hydroxyl groups is 2. The van der Waals surface area contributed by atoms with Crippen molar-refractivity contribution in [1.29, 1.82) is 0 Å². The lowest BCUT2D eigenvalue weighted by molar-refractivity contribution is -0.870. The smallest absolute Gasteiger partial charge is 0.224 e. The highest BCUT2D eigenvalue weighted by molar-refractivity contribution is 5.84. The highest BCUT2D eigenvalue weighted by atomic mass is 16.4. The molecule has 0 saturated heterocycles. The summed E-state index contributed by atoms with van der Waals surface area (Å²) in [7, 11) is 12.3. The zero-order valence-electron chi connectivity index (χ0n) is 29.1. The maximum atomic E-state index is 12.9. The van der Waals surface area contributed by atoms with Crippen molar-refractivity contribution in [2.45, 2.75) is 32.6 Å². The van der Waals surface area contributed by atoms with Gasteiger partial charge in [0.15, 0.2) is 5.69 Å². The van der Waals surface area contributed by atoms with Gasteiger partial charge in [-0.15, -0.1) is 5.11 Å². The van der Waals surface area contributed by atoms with Crippen LogP contribution in [0.15, 0.2) is 69.4 Å². The number of furan rings is 1. The molecule has 0 bridgehead atoms. The number of hydrogen-bond donors (Lipinski definition) is 3. The summed E-state index contributed by atoms with van der Waals surface area (Å²) >= 11 is 0. The molecule has 0 fully saturated rings. The molecule has 3 N–H and O–H groups in total. The van der Waals surface area contributed by atoms with E-state index in [4.69, 9.17) is 14.6 Å². The Morgan fingerprint density at radius 2 is 1.52 bits per heavy atom. The van der Waals surface area contributed by atoms with E-state index in [-0.39, 0.29) is 47.6 Å². The van der Waals surface area contributed by atoms with Gasteiger partial charge in [0.1, 0.15) is 30.6 Å². The Labute approximate surface area is 282 Å². The average molecular weight is 664 g/mol. The summed E-state index contributed by atoms with van der Waals surface area (Å²) in [6, 6.07) is 13.4. The third-order valence-electron chi connectivity index (χ3n) is 7.61. The SMILES string of the molecule is C[N+](C)(C)CCO.C[N+](C)(C)CCO.Cc1cn(-c2ccc3c(c2)CCCC3)c(O)c1N=Nc1cccc(-c2ccc(C(=O)[O-])o2)c1[O-]. The third-order valence-corrected chi connectivity index (χ3v) is 7.61. The number of aromatic carboxylic acids is 1. The first kappa shape index (κ1) is 38.0. The summed E-state index contributed by atoms with van der Waals surface area (Å²) in [5.41, 5.74) is 4.64. The highest BCUT2D eigenvalue weighted by Gasteiger charge is 2.16. The molecular formula is C36H49N5O7. The summed E-state index contributed by atoms with van der Waals surface area (Å²) in [5.74, 6) is -2.28. The number of carboxylic acid groups (broad SMARTS) is 1. The Balaban J connectivity index is 0.000000376. The molecule has 1 aliphatic rings. The summed E-state index contributed by atoms with van der Waals surface area (Å²) in [6.07, 6.45) is 6.25. The van der Waals surface area contributed by atoms with Crippen molar-refractivity contribution >= 4 is 17.3 Å². The molecule has 12 heteroatoms. The van der Waals surface area contributed by atoms with Gasteiger partial charge in [0.2, 0.25) is 5.88 Å². The molecule has 2 aromatic heterocycles. The molecule has 48 heavy (non-hydrogen) atoms. The van der Waals surface area contributed by atoms with Gasteiger partial charge in [0, 0.05) is 17.4 Å². The van der Waals surface area contributed by atoms with Crippen molar-refractivity contribution in [2.75, 3.05) is 68.6 Å². The summed E-state index contributed by atoms with van der Waals surface area (Å²) in [6.45, 7) is 4.04. The second kappa shape index (κ2) is 16.6. The second-order valence-corrected chi connectivity index (χ2v) is 13.8. The van der Waals surface area contributed by atoms with E-state index in [1.807, 2.05) is 13.0 Å². The highest BCUT2D eigenvalue weighted by Crippen LogP contribution is 2.40. The van der Waals surface area contributed by atoms with Gasteiger partial charge >= 0.3 is 0 Å². The van der Waals surface area contributed by atoms with E-state index < -0.39 is 11.7 Å². The normalized spacial score (nSPS) is 12.9. The number of rotatable bonds is 9. The van der Waals surface area contributed by atoms with Crippen LogP contribution >= 0.6 is 0 Å². The Kier molecular flexibility index (Phi) is 13.1. The van der Waals surface area contributed by atoms with Crippen LogP contribution in [0, 0.1) is 6.92 Å². The van der Waals surface area contributed by atoms with E-state index in [0.29, 0.717) is 5.56 Å². The molecule has 1 aliphatic carbocycles. The zero-order chi connectivity index (χ0) is 35.6. The fourth-order valence-electron chi connectivity index (χ4n) is 4.89. The molecular weight excluding hydrogens is 614 g/mol. The minimum Gasteiger partial charge on any atom is -0.870 e. The molecule has 0 atom stereocenters. The summed E-state index contributed by atoms with van der Waals surface area (Å²) in [5, 5.41) is 59.7. The van der Waals surface area contributed by atoms with Crippen LogP contribution in [0.3, 0.4) is 0 Å². The van der Waals surface area contributed by atoms with Gasteiger partial charge in [-0.3, -0.25) is 4.57 Å². The number of aromatic hydroxyl groups is 1. The second-order valence-electron chi connectivity index (χ2n) is 13.8. The minimum atomic E-state index is -1.47.